The van der Waals surface area contributed by atoms with E-state index in [0.29, 0.717) is 6.54 Å². The van der Waals surface area contributed by atoms with Gasteiger partial charge in [-0.05, 0) is 44.0 Å². The predicted molar refractivity (Wildman–Crippen MR) is 82.4 cm³/mol. The molecule has 1 N–H and O–H groups in total. The maximum atomic E-state index is 12.3. The van der Waals surface area contributed by atoms with Gasteiger partial charge in [0.1, 0.15) is 5.75 Å². The summed E-state index contributed by atoms with van der Waals surface area (Å²) in [7, 11) is 1.66. The summed E-state index contributed by atoms with van der Waals surface area (Å²) in [5, 5.41) is 3.26. The average molecular weight is 299 g/mol. The number of amides is 1. The van der Waals surface area contributed by atoms with Gasteiger partial charge < -0.3 is 15.0 Å². The molecule has 112 valence electrons. The minimum Gasteiger partial charge on any atom is -0.497 e. The van der Waals surface area contributed by atoms with Crippen LogP contribution in [0.1, 0.15) is 25.3 Å². The van der Waals surface area contributed by atoms with E-state index >= 15 is 0 Å². The van der Waals surface area contributed by atoms with Crippen molar-refractivity contribution in [2.24, 2.45) is 0 Å². The summed E-state index contributed by atoms with van der Waals surface area (Å²) in [5.74, 6) is 1.06. The smallest absolute Gasteiger partial charge is 0.239 e. The Kier molecular flexibility index (Phi) is 6.82. The zero-order chi connectivity index (χ0) is 13.7. The molecule has 20 heavy (non-hydrogen) atoms. The molecule has 0 unspecified atom stereocenters. The van der Waals surface area contributed by atoms with Gasteiger partial charge in [0.25, 0.3) is 0 Å². The number of methoxy groups -OCH3 is 1. The van der Waals surface area contributed by atoms with Crippen molar-refractivity contribution in [1.82, 2.24) is 10.2 Å². The number of carbonyl (C=O) groups excluding carboxylic acids is 1. The second kappa shape index (κ2) is 8.12. The molecule has 1 heterocycles. The summed E-state index contributed by atoms with van der Waals surface area (Å²) in [6.45, 7) is 4.38. The molecule has 1 aromatic rings. The Morgan fingerprint density at radius 3 is 2.60 bits per heavy atom. The summed E-state index contributed by atoms with van der Waals surface area (Å²) >= 11 is 0. The predicted octanol–water partition coefficient (Wildman–Crippen LogP) is 2.22. The van der Waals surface area contributed by atoms with Crippen molar-refractivity contribution < 1.29 is 9.53 Å². The highest BCUT2D eigenvalue weighted by Gasteiger charge is 2.25. The lowest BCUT2D eigenvalue weighted by molar-refractivity contribution is -0.133. The van der Waals surface area contributed by atoms with Crippen molar-refractivity contribution in [2.75, 3.05) is 20.2 Å². The highest BCUT2D eigenvalue weighted by molar-refractivity contribution is 5.85. The van der Waals surface area contributed by atoms with Crippen LogP contribution in [-0.4, -0.2) is 37.0 Å². The first-order valence-electron chi connectivity index (χ1n) is 6.89. The van der Waals surface area contributed by atoms with Crippen LogP contribution in [0.5, 0.6) is 5.75 Å². The molecule has 1 amide bonds. The minimum atomic E-state index is 0. The van der Waals surface area contributed by atoms with Gasteiger partial charge in [0, 0.05) is 13.1 Å². The topological polar surface area (TPSA) is 41.6 Å². The number of rotatable bonds is 5. The van der Waals surface area contributed by atoms with Crippen LogP contribution in [0, 0.1) is 0 Å². The van der Waals surface area contributed by atoms with Gasteiger partial charge in [-0.3, -0.25) is 4.79 Å². The Morgan fingerprint density at radius 1 is 1.40 bits per heavy atom. The standard InChI is InChI=1S/C15H22N2O2.ClH/c1-3-17(15(18)14-5-4-10-16-14)11-12-6-8-13(19-2)9-7-12;/h6-9,14,16H,3-5,10-11H2,1-2H3;1H/t14-;/m0./s1. The zero-order valence-corrected chi connectivity index (χ0v) is 12.9. The van der Waals surface area contributed by atoms with Crippen LogP contribution in [0.2, 0.25) is 0 Å². The number of benzene rings is 1. The van der Waals surface area contributed by atoms with Gasteiger partial charge in [-0.2, -0.15) is 0 Å². The summed E-state index contributed by atoms with van der Waals surface area (Å²) in [6, 6.07) is 7.90. The Balaban J connectivity index is 0.00000200. The Morgan fingerprint density at radius 2 is 2.10 bits per heavy atom. The number of nitrogens with one attached hydrogen (secondary N) is 1. The summed E-state index contributed by atoms with van der Waals surface area (Å²) in [4.78, 5) is 14.3. The number of hydrogen-bond acceptors (Lipinski definition) is 3. The lowest BCUT2D eigenvalue weighted by Gasteiger charge is -2.24. The van der Waals surface area contributed by atoms with Crippen molar-refractivity contribution in [3.05, 3.63) is 29.8 Å². The first-order chi connectivity index (χ1) is 9.24. The van der Waals surface area contributed by atoms with Gasteiger partial charge in [-0.1, -0.05) is 12.1 Å². The molecule has 5 heteroatoms. The molecule has 1 aliphatic heterocycles. The van der Waals surface area contributed by atoms with E-state index in [0.717, 1.165) is 37.2 Å². The van der Waals surface area contributed by atoms with Gasteiger partial charge in [-0.15, -0.1) is 12.4 Å². The third kappa shape index (κ3) is 4.12. The van der Waals surface area contributed by atoms with E-state index in [9.17, 15) is 4.79 Å². The van der Waals surface area contributed by atoms with Crippen LogP contribution in [0.3, 0.4) is 0 Å². The largest absolute Gasteiger partial charge is 0.497 e. The maximum absolute atomic E-state index is 12.3. The number of carbonyl (C=O) groups is 1. The molecule has 1 saturated heterocycles. The molecular formula is C15H23ClN2O2. The van der Waals surface area contributed by atoms with Crippen LogP contribution >= 0.6 is 12.4 Å². The lowest BCUT2D eigenvalue weighted by Crippen LogP contribution is -2.43. The molecule has 4 nitrogen and oxygen atoms in total. The molecule has 1 aliphatic rings. The third-order valence-electron chi connectivity index (χ3n) is 3.58. The molecule has 0 spiro atoms. The van der Waals surface area contributed by atoms with Crippen LogP contribution in [0.25, 0.3) is 0 Å². The van der Waals surface area contributed by atoms with Crippen molar-refractivity contribution in [3.63, 3.8) is 0 Å². The molecule has 1 fully saturated rings. The van der Waals surface area contributed by atoms with Gasteiger partial charge in [0.15, 0.2) is 0 Å². The van der Waals surface area contributed by atoms with E-state index in [1.54, 1.807) is 7.11 Å². The van der Waals surface area contributed by atoms with Gasteiger partial charge in [0.2, 0.25) is 5.91 Å². The monoisotopic (exact) mass is 298 g/mol. The molecule has 0 saturated carbocycles. The molecule has 0 radical (unpaired) electrons. The van der Waals surface area contributed by atoms with Gasteiger partial charge >= 0.3 is 0 Å². The fraction of sp³-hybridized carbons (Fsp3) is 0.533. The number of ether oxygens (including phenoxy) is 1. The Bertz CT molecular complexity index is 416. The first kappa shape index (κ1) is 16.8. The van der Waals surface area contributed by atoms with E-state index in [1.807, 2.05) is 36.1 Å². The quantitative estimate of drug-likeness (QED) is 0.906. The van der Waals surface area contributed by atoms with E-state index in [4.69, 9.17) is 4.74 Å². The van der Waals surface area contributed by atoms with Crippen molar-refractivity contribution >= 4 is 18.3 Å². The SMILES string of the molecule is CCN(Cc1ccc(OC)cc1)C(=O)[C@@H]1CCCN1.Cl. The molecule has 2 rings (SSSR count). The third-order valence-corrected chi connectivity index (χ3v) is 3.58. The van der Waals surface area contributed by atoms with Crippen LogP contribution < -0.4 is 10.1 Å². The van der Waals surface area contributed by atoms with Crippen molar-refractivity contribution in [3.8, 4) is 5.75 Å². The second-order valence-electron chi connectivity index (χ2n) is 4.85. The fourth-order valence-corrected chi connectivity index (χ4v) is 2.41. The summed E-state index contributed by atoms with van der Waals surface area (Å²) < 4.78 is 5.14. The van der Waals surface area contributed by atoms with Crippen molar-refractivity contribution in [2.45, 2.75) is 32.4 Å². The number of halogens is 1. The van der Waals surface area contributed by atoms with Gasteiger partial charge in [0.05, 0.1) is 13.2 Å². The summed E-state index contributed by atoms with van der Waals surface area (Å²) in [5.41, 5.74) is 1.13. The van der Waals surface area contributed by atoms with Gasteiger partial charge in [-0.25, -0.2) is 0 Å². The fourth-order valence-electron chi connectivity index (χ4n) is 2.41. The van der Waals surface area contributed by atoms with Crippen LogP contribution in [0.4, 0.5) is 0 Å². The average Bonchev–Trinajstić information content (AvgIpc) is 2.99. The second-order valence-corrected chi connectivity index (χ2v) is 4.85. The molecular weight excluding hydrogens is 276 g/mol. The highest BCUT2D eigenvalue weighted by Crippen LogP contribution is 2.15. The van der Waals surface area contributed by atoms with Crippen molar-refractivity contribution in [1.29, 1.82) is 0 Å². The highest BCUT2D eigenvalue weighted by atomic mass is 35.5. The Hall–Kier alpha value is -1.26. The van der Waals surface area contributed by atoms with E-state index < -0.39 is 0 Å². The number of likely N-dealkylation sites (N-methyl/N-ethyl adjacent to an activating group) is 1. The summed E-state index contributed by atoms with van der Waals surface area (Å²) in [6.07, 6.45) is 2.05. The number of nitrogens with zero attached hydrogens (tertiary/aromatic N) is 1. The normalized spacial score (nSPS) is 17.4. The van der Waals surface area contributed by atoms with E-state index in [1.165, 1.54) is 0 Å². The maximum Gasteiger partial charge on any atom is 0.239 e. The van der Waals surface area contributed by atoms with Crippen LogP contribution in [0.15, 0.2) is 24.3 Å². The molecule has 0 bridgehead atoms. The first-order valence-corrected chi connectivity index (χ1v) is 6.89. The van der Waals surface area contributed by atoms with Crippen LogP contribution in [-0.2, 0) is 11.3 Å². The molecule has 1 aromatic carbocycles. The van der Waals surface area contributed by atoms with E-state index in [2.05, 4.69) is 5.32 Å². The lowest BCUT2D eigenvalue weighted by atomic mass is 10.1. The molecule has 0 aromatic heterocycles. The number of hydrogen-bond donors (Lipinski definition) is 1. The van der Waals surface area contributed by atoms with E-state index in [-0.39, 0.29) is 24.4 Å². The minimum absolute atomic E-state index is 0. The zero-order valence-electron chi connectivity index (χ0n) is 12.1. The molecule has 1 atom stereocenters. The Labute approximate surface area is 126 Å². The molecule has 0 aliphatic carbocycles.